The molecule has 5 nitrogen and oxygen atoms in total. The Bertz CT molecular complexity index is 276. The summed E-state index contributed by atoms with van der Waals surface area (Å²) < 4.78 is 0. The number of nitrogens with two attached hydrogens (primary N) is 1. The van der Waals surface area contributed by atoms with Crippen LogP contribution in [0.4, 0.5) is 0 Å². The van der Waals surface area contributed by atoms with Gasteiger partial charge in [-0.15, -0.1) is 0 Å². The van der Waals surface area contributed by atoms with Gasteiger partial charge in [0.2, 0.25) is 5.91 Å². The molecule has 0 spiro atoms. The summed E-state index contributed by atoms with van der Waals surface area (Å²) in [7, 11) is 0. The SMILES string of the molecule is CC[C@H](N)C(=O)NC(C)(C(=O)O)C1CC1. The van der Waals surface area contributed by atoms with E-state index in [0.717, 1.165) is 12.8 Å². The molecule has 0 bridgehead atoms. The molecule has 1 fully saturated rings. The molecule has 0 aromatic rings. The molecular weight excluding hydrogens is 196 g/mol. The highest BCUT2D eigenvalue weighted by Gasteiger charge is 2.48. The minimum absolute atomic E-state index is 0.0445. The first-order chi connectivity index (χ1) is 6.91. The lowest BCUT2D eigenvalue weighted by molar-refractivity contribution is -0.148. The van der Waals surface area contributed by atoms with E-state index in [1.807, 2.05) is 0 Å². The average Bonchev–Trinajstić information content (AvgIpc) is 2.99. The molecule has 1 unspecified atom stereocenters. The summed E-state index contributed by atoms with van der Waals surface area (Å²) in [6.45, 7) is 3.34. The largest absolute Gasteiger partial charge is 0.480 e. The third-order valence-electron chi connectivity index (χ3n) is 3.00. The van der Waals surface area contributed by atoms with E-state index in [1.54, 1.807) is 13.8 Å². The van der Waals surface area contributed by atoms with Crippen molar-refractivity contribution in [3.05, 3.63) is 0 Å². The van der Waals surface area contributed by atoms with Crippen molar-refractivity contribution >= 4 is 11.9 Å². The van der Waals surface area contributed by atoms with Crippen LogP contribution in [0.5, 0.6) is 0 Å². The fraction of sp³-hybridized carbons (Fsp3) is 0.800. The lowest BCUT2D eigenvalue weighted by atomic mass is 9.95. The van der Waals surface area contributed by atoms with Gasteiger partial charge in [-0.05, 0) is 32.1 Å². The maximum Gasteiger partial charge on any atom is 0.329 e. The van der Waals surface area contributed by atoms with E-state index in [9.17, 15) is 9.59 Å². The van der Waals surface area contributed by atoms with Gasteiger partial charge in [0.05, 0.1) is 6.04 Å². The number of carbonyl (C=O) groups is 2. The summed E-state index contributed by atoms with van der Waals surface area (Å²) in [4.78, 5) is 22.6. The predicted molar refractivity (Wildman–Crippen MR) is 55.2 cm³/mol. The van der Waals surface area contributed by atoms with Crippen molar-refractivity contribution < 1.29 is 14.7 Å². The molecule has 0 aliphatic heterocycles. The number of carboxylic acid groups (broad SMARTS) is 1. The van der Waals surface area contributed by atoms with Crippen LogP contribution in [0.2, 0.25) is 0 Å². The van der Waals surface area contributed by atoms with Crippen LogP contribution in [0.1, 0.15) is 33.1 Å². The van der Waals surface area contributed by atoms with E-state index in [1.165, 1.54) is 0 Å². The summed E-state index contributed by atoms with van der Waals surface area (Å²) >= 11 is 0. The summed E-state index contributed by atoms with van der Waals surface area (Å²) in [6.07, 6.45) is 2.21. The van der Waals surface area contributed by atoms with Crippen LogP contribution in [0, 0.1) is 5.92 Å². The lowest BCUT2D eigenvalue weighted by Gasteiger charge is -2.27. The molecule has 0 aromatic heterocycles. The molecule has 0 aromatic carbocycles. The first-order valence-electron chi connectivity index (χ1n) is 5.22. The number of nitrogens with one attached hydrogen (secondary N) is 1. The molecule has 0 saturated heterocycles. The Morgan fingerprint density at radius 3 is 2.47 bits per heavy atom. The number of carbonyl (C=O) groups excluding carboxylic acids is 1. The molecule has 15 heavy (non-hydrogen) atoms. The molecule has 1 aliphatic carbocycles. The van der Waals surface area contributed by atoms with Gasteiger partial charge in [-0.25, -0.2) is 4.79 Å². The summed E-state index contributed by atoms with van der Waals surface area (Å²) in [6, 6.07) is -0.623. The Balaban J connectivity index is 2.67. The van der Waals surface area contributed by atoms with Crippen molar-refractivity contribution in [3.8, 4) is 0 Å². The van der Waals surface area contributed by atoms with Gasteiger partial charge in [-0.2, -0.15) is 0 Å². The van der Waals surface area contributed by atoms with Gasteiger partial charge in [-0.1, -0.05) is 6.92 Å². The van der Waals surface area contributed by atoms with E-state index < -0.39 is 17.6 Å². The number of rotatable bonds is 5. The summed E-state index contributed by atoms with van der Waals surface area (Å²) in [5.41, 5.74) is 4.39. The molecule has 4 N–H and O–H groups in total. The second-order valence-electron chi connectivity index (χ2n) is 4.29. The van der Waals surface area contributed by atoms with Crippen LogP contribution < -0.4 is 11.1 Å². The van der Waals surface area contributed by atoms with Gasteiger partial charge in [0.15, 0.2) is 0 Å². The van der Waals surface area contributed by atoms with Gasteiger partial charge in [0.25, 0.3) is 0 Å². The molecule has 1 aliphatic rings. The van der Waals surface area contributed by atoms with Crippen LogP contribution in [0.15, 0.2) is 0 Å². The van der Waals surface area contributed by atoms with Gasteiger partial charge >= 0.3 is 5.97 Å². The number of aliphatic carboxylic acids is 1. The number of hydrogen-bond acceptors (Lipinski definition) is 3. The predicted octanol–water partition coefficient (Wildman–Crippen LogP) is 0.0932. The zero-order valence-electron chi connectivity index (χ0n) is 9.12. The van der Waals surface area contributed by atoms with Gasteiger partial charge in [0, 0.05) is 0 Å². The van der Waals surface area contributed by atoms with Crippen LogP contribution in [0.25, 0.3) is 0 Å². The maximum atomic E-state index is 11.5. The second kappa shape index (κ2) is 4.18. The Morgan fingerprint density at radius 2 is 2.13 bits per heavy atom. The Hall–Kier alpha value is -1.10. The molecule has 0 radical (unpaired) electrons. The zero-order chi connectivity index (χ0) is 11.6. The fourth-order valence-electron chi connectivity index (χ4n) is 1.52. The molecular formula is C10H18N2O3. The highest BCUT2D eigenvalue weighted by Crippen LogP contribution is 2.39. The van der Waals surface area contributed by atoms with Crippen molar-refractivity contribution in [1.29, 1.82) is 0 Å². The van der Waals surface area contributed by atoms with E-state index in [-0.39, 0.29) is 11.8 Å². The van der Waals surface area contributed by atoms with E-state index in [0.29, 0.717) is 6.42 Å². The maximum absolute atomic E-state index is 11.5. The Morgan fingerprint density at radius 1 is 1.60 bits per heavy atom. The fourth-order valence-corrected chi connectivity index (χ4v) is 1.52. The first kappa shape index (κ1) is 12.0. The molecule has 1 saturated carbocycles. The number of carboxylic acids is 1. The molecule has 2 atom stereocenters. The van der Waals surface area contributed by atoms with Crippen LogP contribution in [0.3, 0.4) is 0 Å². The first-order valence-corrected chi connectivity index (χ1v) is 5.22. The van der Waals surface area contributed by atoms with E-state index in [2.05, 4.69) is 5.32 Å². The average molecular weight is 214 g/mol. The van der Waals surface area contributed by atoms with Crippen LogP contribution in [-0.4, -0.2) is 28.6 Å². The molecule has 86 valence electrons. The van der Waals surface area contributed by atoms with Crippen molar-refractivity contribution in [2.45, 2.75) is 44.7 Å². The van der Waals surface area contributed by atoms with Crippen molar-refractivity contribution in [1.82, 2.24) is 5.32 Å². The minimum Gasteiger partial charge on any atom is -0.480 e. The smallest absolute Gasteiger partial charge is 0.329 e. The standard InChI is InChI=1S/C10H18N2O3/c1-3-7(11)8(13)12-10(2,9(14)15)6-4-5-6/h6-7H,3-5,11H2,1-2H3,(H,12,13)(H,14,15)/t7-,10?/m0/s1. The molecule has 1 rings (SSSR count). The Kier molecular flexibility index (Phi) is 3.34. The normalized spacial score (nSPS) is 21.5. The van der Waals surface area contributed by atoms with Gasteiger partial charge in [0.1, 0.15) is 5.54 Å². The van der Waals surface area contributed by atoms with Crippen LogP contribution >= 0.6 is 0 Å². The number of amides is 1. The highest BCUT2D eigenvalue weighted by atomic mass is 16.4. The van der Waals surface area contributed by atoms with E-state index in [4.69, 9.17) is 10.8 Å². The van der Waals surface area contributed by atoms with Crippen LogP contribution in [-0.2, 0) is 9.59 Å². The minimum atomic E-state index is -1.15. The summed E-state index contributed by atoms with van der Waals surface area (Å²) in [5.74, 6) is -1.32. The van der Waals surface area contributed by atoms with E-state index >= 15 is 0 Å². The third kappa shape index (κ3) is 2.47. The highest BCUT2D eigenvalue weighted by molar-refractivity contribution is 5.89. The number of hydrogen-bond donors (Lipinski definition) is 3. The quantitative estimate of drug-likeness (QED) is 0.605. The molecule has 0 heterocycles. The van der Waals surface area contributed by atoms with Crippen molar-refractivity contribution in [2.75, 3.05) is 0 Å². The Labute approximate surface area is 89.0 Å². The third-order valence-corrected chi connectivity index (χ3v) is 3.00. The van der Waals surface area contributed by atoms with Crippen molar-refractivity contribution in [3.63, 3.8) is 0 Å². The summed E-state index contributed by atoms with van der Waals surface area (Å²) in [5, 5.41) is 11.6. The second-order valence-corrected chi connectivity index (χ2v) is 4.29. The molecule has 1 amide bonds. The van der Waals surface area contributed by atoms with Gasteiger partial charge in [-0.3, -0.25) is 4.79 Å². The zero-order valence-corrected chi connectivity index (χ0v) is 9.12. The molecule has 5 heteroatoms. The van der Waals surface area contributed by atoms with Gasteiger partial charge < -0.3 is 16.2 Å². The monoisotopic (exact) mass is 214 g/mol. The van der Waals surface area contributed by atoms with Crippen molar-refractivity contribution in [2.24, 2.45) is 11.7 Å². The topological polar surface area (TPSA) is 92.4 Å². The lowest BCUT2D eigenvalue weighted by Crippen LogP contribution is -2.57.